The van der Waals surface area contributed by atoms with Gasteiger partial charge in [-0.3, -0.25) is 0 Å². The monoisotopic (exact) mass is 267 g/mol. The molecule has 0 radical (unpaired) electrons. The predicted molar refractivity (Wildman–Crippen MR) is 68.4 cm³/mol. The highest BCUT2D eigenvalue weighted by Crippen LogP contribution is 2.21. The van der Waals surface area contributed by atoms with E-state index >= 15 is 0 Å². The van der Waals surface area contributed by atoms with Crippen LogP contribution < -0.4 is 4.72 Å². The van der Waals surface area contributed by atoms with Crippen LogP contribution in [0.5, 0.6) is 0 Å². The average Bonchev–Trinajstić information content (AvgIpc) is 2.26. The van der Waals surface area contributed by atoms with E-state index in [2.05, 4.69) is 4.72 Å². The van der Waals surface area contributed by atoms with Crippen LogP contribution in [0, 0.1) is 0 Å². The van der Waals surface area contributed by atoms with E-state index in [1.54, 1.807) is 13.8 Å². The molecule has 1 rings (SSSR count). The Hall–Kier alpha value is 0.220. The van der Waals surface area contributed by atoms with E-state index in [4.69, 9.17) is 4.74 Å². The van der Waals surface area contributed by atoms with Crippen LogP contribution in [0.15, 0.2) is 0 Å². The molecule has 0 aromatic carbocycles. The Morgan fingerprint density at radius 3 is 2.56 bits per heavy atom. The zero-order valence-corrected chi connectivity index (χ0v) is 11.6. The van der Waals surface area contributed by atoms with Crippen LogP contribution >= 0.6 is 11.8 Å². The molecule has 0 unspecified atom stereocenters. The van der Waals surface area contributed by atoms with Crippen molar-refractivity contribution in [3.05, 3.63) is 0 Å². The number of ether oxygens (including phenoxy) is 1. The Kier molecular flexibility index (Phi) is 6.10. The van der Waals surface area contributed by atoms with E-state index in [9.17, 15) is 8.42 Å². The van der Waals surface area contributed by atoms with Gasteiger partial charge in [-0.15, -0.1) is 0 Å². The number of hydrogen-bond donors (Lipinski definition) is 1. The van der Waals surface area contributed by atoms with Crippen molar-refractivity contribution in [3.8, 4) is 0 Å². The number of thioether (sulfide) groups is 1. The summed E-state index contributed by atoms with van der Waals surface area (Å²) in [5.41, 5.74) is 0. The van der Waals surface area contributed by atoms with Gasteiger partial charge in [0.1, 0.15) is 0 Å². The predicted octanol–water partition coefficient (Wildman–Crippen LogP) is 1.23. The van der Waals surface area contributed by atoms with E-state index < -0.39 is 10.0 Å². The molecule has 4 nitrogen and oxygen atoms in total. The van der Waals surface area contributed by atoms with Crippen molar-refractivity contribution < 1.29 is 13.2 Å². The summed E-state index contributed by atoms with van der Waals surface area (Å²) in [5, 5.41) is 0.290. The number of rotatable bonds is 6. The second-order valence-electron chi connectivity index (χ2n) is 4.17. The highest BCUT2D eigenvalue weighted by molar-refractivity contribution is 8.00. The standard InChI is InChI=1S/C10H21NO3S2/c1-9(2)16(12,13)11-5-8-15-10-3-6-14-7-4-10/h9-11H,3-8H2,1-2H3. The SMILES string of the molecule is CC(C)S(=O)(=O)NCCSC1CCOCC1. The molecule has 96 valence electrons. The van der Waals surface area contributed by atoms with Crippen LogP contribution in [-0.4, -0.2) is 44.4 Å². The Morgan fingerprint density at radius 2 is 2.00 bits per heavy atom. The fourth-order valence-corrected chi connectivity index (χ4v) is 3.35. The van der Waals surface area contributed by atoms with Crippen molar-refractivity contribution in [2.24, 2.45) is 0 Å². The van der Waals surface area contributed by atoms with Crippen molar-refractivity contribution in [1.29, 1.82) is 0 Å². The second-order valence-corrected chi connectivity index (χ2v) is 7.90. The summed E-state index contributed by atoms with van der Waals surface area (Å²) in [7, 11) is -3.09. The third kappa shape index (κ3) is 5.03. The molecule has 1 saturated heterocycles. The molecule has 0 aromatic heterocycles. The molecule has 1 N–H and O–H groups in total. The number of hydrogen-bond acceptors (Lipinski definition) is 4. The molecule has 0 saturated carbocycles. The average molecular weight is 267 g/mol. The fourth-order valence-electron chi connectivity index (χ4n) is 1.42. The Bertz CT molecular complexity index is 284. The molecule has 0 amide bonds. The summed E-state index contributed by atoms with van der Waals surface area (Å²) in [5.74, 6) is 0.844. The molecule has 1 aliphatic rings. The summed E-state index contributed by atoms with van der Waals surface area (Å²) in [6.07, 6.45) is 2.17. The molecule has 0 spiro atoms. The quantitative estimate of drug-likeness (QED) is 0.735. The van der Waals surface area contributed by atoms with Gasteiger partial charge in [0.25, 0.3) is 0 Å². The summed E-state index contributed by atoms with van der Waals surface area (Å²) in [4.78, 5) is 0. The van der Waals surface area contributed by atoms with Gasteiger partial charge in [0.05, 0.1) is 5.25 Å². The third-order valence-electron chi connectivity index (χ3n) is 2.55. The van der Waals surface area contributed by atoms with Gasteiger partial charge in [0.2, 0.25) is 10.0 Å². The molecule has 1 heterocycles. The Labute approximate surface area is 103 Å². The summed E-state index contributed by atoms with van der Waals surface area (Å²) < 4.78 is 30.8. The maximum absolute atomic E-state index is 11.4. The lowest BCUT2D eigenvalue weighted by molar-refractivity contribution is 0.100. The fraction of sp³-hybridized carbons (Fsp3) is 1.00. The van der Waals surface area contributed by atoms with Crippen molar-refractivity contribution in [3.63, 3.8) is 0 Å². The van der Waals surface area contributed by atoms with Crippen molar-refractivity contribution in [2.45, 2.75) is 37.2 Å². The van der Waals surface area contributed by atoms with Gasteiger partial charge in [-0.2, -0.15) is 11.8 Å². The van der Waals surface area contributed by atoms with Gasteiger partial charge in [0, 0.05) is 30.8 Å². The molecule has 16 heavy (non-hydrogen) atoms. The van der Waals surface area contributed by atoms with Crippen LogP contribution in [0.25, 0.3) is 0 Å². The number of sulfonamides is 1. The van der Waals surface area contributed by atoms with Crippen LogP contribution in [0.2, 0.25) is 0 Å². The van der Waals surface area contributed by atoms with Gasteiger partial charge in [-0.1, -0.05) is 0 Å². The van der Waals surface area contributed by atoms with Gasteiger partial charge in [-0.25, -0.2) is 13.1 Å². The zero-order chi connectivity index (χ0) is 12.0. The first-order valence-corrected chi connectivity index (χ1v) is 8.29. The molecule has 0 aliphatic carbocycles. The molecule has 6 heteroatoms. The van der Waals surface area contributed by atoms with Gasteiger partial charge in [-0.05, 0) is 26.7 Å². The minimum atomic E-state index is -3.09. The largest absolute Gasteiger partial charge is 0.381 e. The lowest BCUT2D eigenvalue weighted by atomic mass is 10.2. The summed E-state index contributed by atoms with van der Waals surface area (Å²) in [6.45, 7) is 5.59. The van der Waals surface area contributed by atoms with Gasteiger partial charge >= 0.3 is 0 Å². The second kappa shape index (κ2) is 6.83. The molecule has 1 fully saturated rings. The molecule has 0 aromatic rings. The highest BCUT2D eigenvalue weighted by atomic mass is 32.2. The zero-order valence-electron chi connectivity index (χ0n) is 9.94. The summed E-state index contributed by atoms with van der Waals surface area (Å²) >= 11 is 1.84. The lowest BCUT2D eigenvalue weighted by Gasteiger charge is -2.21. The van der Waals surface area contributed by atoms with E-state index in [1.165, 1.54) is 0 Å². The number of nitrogens with one attached hydrogen (secondary N) is 1. The maximum atomic E-state index is 11.4. The Morgan fingerprint density at radius 1 is 1.38 bits per heavy atom. The lowest BCUT2D eigenvalue weighted by Crippen LogP contribution is -2.32. The highest BCUT2D eigenvalue weighted by Gasteiger charge is 2.16. The van der Waals surface area contributed by atoms with E-state index in [0.717, 1.165) is 31.8 Å². The van der Waals surface area contributed by atoms with Crippen molar-refractivity contribution in [1.82, 2.24) is 4.72 Å². The Balaban J connectivity index is 2.11. The molecule has 1 aliphatic heterocycles. The molecule has 0 bridgehead atoms. The minimum Gasteiger partial charge on any atom is -0.381 e. The van der Waals surface area contributed by atoms with Crippen molar-refractivity contribution >= 4 is 21.8 Å². The smallest absolute Gasteiger partial charge is 0.213 e. The maximum Gasteiger partial charge on any atom is 0.213 e. The molecular formula is C10H21NO3S2. The van der Waals surface area contributed by atoms with Crippen LogP contribution in [-0.2, 0) is 14.8 Å². The first-order valence-electron chi connectivity index (χ1n) is 5.70. The molecule has 0 atom stereocenters. The van der Waals surface area contributed by atoms with Crippen LogP contribution in [0.4, 0.5) is 0 Å². The first kappa shape index (κ1) is 14.3. The van der Waals surface area contributed by atoms with E-state index in [0.29, 0.717) is 11.8 Å². The third-order valence-corrected chi connectivity index (χ3v) is 5.78. The van der Waals surface area contributed by atoms with Gasteiger partial charge < -0.3 is 4.74 Å². The minimum absolute atomic E-state index is 0.347. The van der Waals surface area contributed by atoms with E-state index in [-0.39, 0.29) is 5.25 Å². The topological polar surface area (TPSA) is 55.4 Å². The van der Waals surface area contributed by atoms with Crippen LogP contribution in [0.3, 0.4) is 0 Å². The normalized spacial score (nSPS) is 19.2. The van der Waals surface area contributed by atoms with Crippen LogP contribution in [0.1, 0.15) is 26.7 Å². The first-order chi connectivity index (χ1) is 7.52. The van der Waals surface area contributed by atoms with E-state index in [1.807, 2.05) is 11.8 Å². The summed E-state index contributed by atoms with van der Waals surface area (Å²) in [6, 6.07) is 0. The molecular weight excluding hydrogens is 246 g/mol. The van der Waals surface area contributed by atoms with Gasteiger partial charge in [0.15, 0.2) is 0 Å². The van der Waals surface area contributed by atoms with Crippen molar-refractivity contribution in [2.75, 3.05) is 25.5 Å².